The van der Waals surface area contributed by atoms with Crippen LogP contribution in [0.25, 0.3) is 0 Å². The Morgan fingerprint density at radius 2 is 0.949 bits per heavy atom. The fraction of sp³-hybridized carbons (Fsp3) is 1.00. The van der Waals surface area contributed by atoms with Crippen molar-refractivity contribution in [1.29, 1.82) is 0 Å². The number of hydrogen-bond donors (Lipinski definition) is 0. The number of hydrogen-bond acceptors (Lipinski definition) is 3. The minimum absolute atomic E-state index is 0.698. The van der Waals surface area contributed by atoms with Gasteiger partial charge in [-0.2, -0.15) is 0 Å². The zero-order valence-electron chi connectivity index (χ0n) is 26.4. The van der Waals surface area contributed by atoms with Gasteiger partial charge in [-0.25, -0.2) is 0 Å². The van der Waals surface area contributed by atoms with Gasteiger partial charge in [0, 0.05) is 0 Å². The van der Waals surface area contributed by atoms with Crippen LogP contribution in [0.1, 0.15) is 142 Å². The Balaban J connectivity index is 2.52. The number of nitrogens with zero attached hydrogens (tertiary/aromatic N) is 4. The summed E-state index contributed by atoms with van der Waals surface area (Å²) in [5.41, 5.74) is 0. The average Bonchev–Trinajstić information content (AvgIpc) is 2.89. The Labute approximate surface area is 260 Å². The van der Waals surface area contributed by atoms with Gasteiger partial charge >= 0.3 is 235 Å². The van der Waals surface area contributed by atoms with E-state index in [0.29, 0.717) is 3.47 Å². The van der Waals surface area contributed by atoms with Crippen LogP contribution in [-0.2, 0) is 10.5 Å². The maximum absolute atomic E-state index is 6.94. The van der Waals surface area contributed by atoms with E-state index in [4.69, 9.17) is 30.1 Å². The number of likely N-dealkylation sites (N-methyl/N-ethyl adjacent to an activating group) is 1. The van der Waals surface area contributed by atoms with Crippen LogP contribution >= 0.6 is 30.1 Å². The Morgan fingerprint density at radius 3 is 1.36 bits per heavy atom. The van der Waals surface area contributed by atoms with E-state index in [1.807, 2.05) is 0 Å². The monoisotopic (exact) mass is 651 g/mol. The SMILES string of the molecule is CCCCCCCCCCCCN1CN(CCN(C)C)C[N+](CCCCCCCCCCCC)([Cr]([Cl])([Cl])[Cl])C1. The van der Waals surface area contributed by atoms with Crippen LogP contribution in [0.15, 0.2) is 0 Å². The van der Waals surface area contributed by atoms with E-state index < -0.39 is 10.5 Å². The molecule has 0 bridgehead atoms. The zero-order valence-corrected chi connectivity index (χ0v) is 30.0. The zero-order chi connectivity index (χ0) is 28.8. The summed E-state index contributed by atoms with van der Waals surface area (Å²) in [6, 6.07) is 0. The first-order valence-electron chi connectivity index (χ1n) is 16.6. The molecule has 1 aliphatic rings. The molecule has 0 aliphatic carbocycles. The van der Waals surface area contributed by atoms with E-state index in [-0.39, 0.29) is 0 Å². The quantitative estimate of drug-likeness (QED) is 0.0861. The third-order valence-corrected chi connectivity index (χ3v) is 14.0. The summed E-state index contributed by atoms with van der Waals surface area (Å²) >= 11 is 0. The predicted octanol–water partition coefficient (Wildman–Crippen LogP) is 10.2. The summed E-state index contributed by atoms with van der Waals surface area (Å²) in [4.78, 5) is 7.45. The van der Waals surface area contributed by atoms with Crippen LogP contribution < -0.4 is 0 Å². The molecule has 0 aromatic carbocycles. The molecule has 1 fully saturated rings. The molecule has 0 radical (unpaired) electrons. The van der Waals surface area contributed by atoms with Crippen molar-refractivity contribution < 1.29 is 14.0 Å². The van der Waals surface area contributed by atoms with E-state index in [1.54, 1.807) is 0 Å². The molecule has 1 unspecified atom stereocenters. The number of halogens is 3. The van der Waals surface area contributed by atoms with Crippen molar-refractivity contribution in [3.05, 3.63) is 0 Å². The fourth-order valence-corrected chi connectivity index (χ4v) is 9.23. The van der Waals surface area contributed by atoms with Crippen LogP contribution in [0.3, 0.4) is 0 Å². The van der Waals surface area contributed by atoms with Gasteiger partial charge in [0.2, 0.25) is 0 Å². The van der Waals surface area contributed by atoms with Crippen molar-refractivity contribution in [2.24, 2.45) is 0 Å². The Hall–Kier alpha value is 1.24. The van der Waals surface area contributed by atoms with Crippen LogP contribution in [0.2, 0.25) is 0 Å². The molecule has 1 aliphatic heterocycles. The molecule has 39 heavy (non-hydrogen) atoms. The van der Waals surface area contributed by atoms with Gasteiger partial charge in [-0.05, 0) is 0 Å². The molecule has 0 N–H and O–H groups in total. The number of rotatable bonds is 26. The van der Waals surface area contributed by atoms with Crippen LogP contribution in [0, 0.1) is 0 Å². The predicted molar refractivity (Wildman–Crippen MR) is 173 cm³/mol. The van der Waals surface area contributed by atoms with Crippen molar-refractivity contribution in [3.63, 3.8) is 0 Å². The summed E-state index contributed by atoms with van der Waals surface area (Å²) in [5, 5.41) is 0. The van der Waals surface area contributed by atoms with Crippen LogP contribution in [-0.4, -0.2) is 78.4 Å². The Morgan fingerprint density at radius 1 is 0.564 bits per heavy atom. The molecule has 0 aromatic rings. The van der Waals surface area contributed by atoms with Gasteiger partial charge in [-0.1, -0.05) is 26.7 Å². The van der Waals surface area contributed by atoms with Gasteiger partial charge < -0.3 is 0 Å². The molecular weight excluding hydrogens is 587 g/mol. The van der Waals surface area contributed by atoms with E-state index in [2.05, 4.69) is 42.6 Å². The molecule has 1 heterocycles. The van der Waals surface area contributed by atoms with E-state index in [1.165, 1.54) is 128 Å². The Kier molecular flexibility index (Phi) is 23.2. The minimum atomic E-state index is -3.17. The van der Waals surface area contributed by atoms with Gasteiger partial charge in [0.15, 0.2) is 0 Å². The molecule has 4 nitrogen and oxygen atoms in total. The molecule has 0 saturated carbocycles. The number of quaternary nitrogens is 1. The summed E-state index contributed by atoms with van der Waals surface area (Å²) < 4.78 is 0.698. The summed E-state index contributed by atoms with van der Waals surface area (Å²) in [6.45, 7) is 11.6. The molecule has 0 spiro atoms. The molecule has 1 rings (SSSR count). The normalized spacial score (nSPS) is 19.8. The summed E-state index contributed by atoms with van der Waals surface area (Å²) in [7, 11) is 22.0. The van der Waals surface area contributed by atoms with Crippen LogP contribution in [0.4, 0.5) is 0 Å². The van der Waals surface area contributed by atoms with Gasteiger partial charge in [0.25, 0.3) is 0 Å². The van der Waals surface area contributed by atoms with Crippen molar-refractivity contribution in [1.82, 2.24) is 14.7 Å². The number of unbranched alkanes of at least 4 members (excludes halogenated alkanes) is 18. The van der Waals surface area contributed by atoms with Crippen LogP contribution in [0.5, 0.6) is 0 Å². The van der Waals surface area contributed by atoms with Crippen molar-refractivity contribution in [3.8, 4) is 0 Å². The fourth-order valence-electron chi connectivity index (χ4n) is 5.86. The van der Waals surface area contributed by atoms with Gasteiger partial charge in [-0.3, -0.25) is 0 Å². The second-order valence-electron chi connectivity index (χ2n) is 12.5. The van der Waals surface area contributed by atoms with E-state index in [0.717, 1.165) is 46.2 Å². The third-order valence-electron chi connectivity index (χ3n) is 8.37. The molecule has 1 saturated heterocycles. The topological polar surface area (TPSA) is 9.72 Å². The summed E-state index contributed by atoms with van der Waals surface area (Å²) in [5.74, 6) is 0. The standard InChI is InChI=1S/C31H66N4.3ClH.Cr/c1-5-7-9-11-13-15-17-19-21-23-25-33-29-34(31-35(30-33)28-27-32(3)4)26-24-22-20-18-16-14-12-10-8-6-2;;;;/h5-31H2,1-4H3;3*1H;/q;;;;+4/p-3. The van der Waals surface area contributed by atoms with E-state index >= 15 is 0 Å². The first-order chi connectivity index (χ1) is 18.7. The first kappa shape index (κ1) is 38.3. The average molecular weight is 653 g/mol. The third kappa shape index (κ3) is 18.5. The molecule has 0 aromatic heterocycles. The maximum atomic E-state index is 6.94. The van der Waals surface area contributed by atoms with Gasteiger partial charge in [0.05, 0.1) is 0 Å². The molecule has 8 heteroatoms. The van der Waals surface area contributed by atoms with Gasteiger partial charge in [-0.15, -0.1) is 0 Å². The van der Waals surface area contributed by atoms with Crippen molar-refractivity contribution in [2.45, 2.75) is 142 Å². The van der Waals surface area contributed by atoms with Crippen molar-refractivity contribution >= 4 is 30.1 Å². The molecule has 236 valence electrons. The second-order valence-corrected chi connectivity index (χ2v) is 22.4. The molecular formula is C31H66Cl3CrN4+. The molecule has 1 atom stereocenters. The summed E-state index contributed by atoms with van der Waals surface area (Å²) in [6.07, 6.45) is 27.2. The van der Waals surface area contributed by atoms with Gasteiger partial charge in [0.1, 0.15) is 0 Å². The van der Waals surface area contributed by atoms with Crippen molar-refractivity contribution in [2.75, 3.05) is 60.3 Å². The molecule has 0 amide bonds. The Bertz CT molecular complexity index is 564. The first-order valence-corrected chi connectivity index (χ1v) is 22.4. The second kappa shape index (κ2) is 23.7. The van der Waals surface area contributed by atoms with E-state index in [9.17, 15) is 0 Å².